The molecule has 2 aliphatic rings. The van der Waals surface area contributed by atoms with Gasteiger partial charge in [0, 0.05) is 18.7 Å². The number of benzene rings is 1. The van der Waals surface area contributed by atoms with Crippen molar-refractivity contribution in [3.8, 4) is 0 Å². The highest BCUT2D eigenvalue weighted by Crippen LogP contribution is 2.30. The second-order valence-corrected chi connectivity index (χ2v) is 4.95. The van der Waals surface area contributed by atoms with Crippen molar-refractivity contribution in [2.24, 2.45) is 0 Å². The summed E-state index contributed by atoms with van der Waals surface area (Å²) in [6.07, 6.45) is 3.25. The molecule has 0 radical (unpaired) electrons. The SMILES string of the molecule is O=C1CCC(c2ccc3c(c2)CCCN3)C(=O)N1. The van der Waals surface area contributed by atoms with E-state index in [1.807, 2.05) is 12.1 Å². The van der Waals surface area contributed by atoms with Gasteiger partial charge in [-0.25, -0.2) is 0 Å². The van der Waals surface area contributed by atoms with E-state index in [1.165, 1.54) is 11.3 Å². The molecule has 4 nitrogen and oxygen atoms in total. The highest BCUT2D eigenvalue weighted by molar-refractivity contribution is 6.01. The normalized spacial score (nSPS) is 23.0. The van der Waals surface area contributed by atoms with Gasteiger partial charge < -0.3 is 5.32 Å². The lowest BCUT2D eigenvalue weighted by Gasteiger charge is -2.24. The molecule has 2 aliphatic heterocycles. The molecule has 94 valence electrons. The summed E-state index contributed by atoms with van der Waals surface area (Å²) in [5.74, 6) is -0.485. The molecule has 0 bridgehead atoms. The van der Waals surface area contributed by atoms with E-state index in [2.05, 4.69) is 16.7 Å². The Morgan fingerprint density at radius 2 is 2.06 bits per heavy atom. The third-order valence-electron chi connectivity index (χ3n) is 3.71. The quantitative estimate of drug-likeness (QED) is 0.737. The van der Waals surface area contributed by atoms with Crippen molar-refractivity contribution in [1.82, 2.24) is 5.32 Å². The molecule has 4 heteroatoms. The zero-order valence-corrected chi connectivity index (χ0v) is 10.2. The molecule has 1 unspecified atom stereocenters. The van der Waals surface area contributed by atoms with Gasteiger partial charge in [0.25, 0.3) is 0 Å². The molecular formula is C14H16N2O2. The van der Waals surface area contributed by atoms with Gasteiger partial charge in [-0.05, 0) is 36.5 Å². The number of rotatable bonds is 1. The van der Waals surface area contributed by atoms with Crippen LogP contribution in [0.15, 0.2) is 18.2 Å². The number of hydrogen-bond acceptors (Lipinski definition) is 3. The summed E-state index contributed by atoms with van der Waals surface area (Å²) >= 11 is 0. The molecule has 3 rings (SSSR count). The average molecular weight is 244 g/mol. The molecule has 1 aromatic carbocycles. The van der Waals surface area contributed by atoms with E-state index in [0.29, 0.717) is 12.8 Å². The first-order chi connectivity index (χ1) is 8.74. The van der Waals surface area contributed by atoms with Gasteiger partial charge in [-0.15, -0.1) is 0 Å². The maximum Gasteiger partial charge on any atom is 0.234 e. The first kappa shape index (κ1) is 11.3. The number of anilines is 1. The number of imide groups is 1. The number of nitrogens with one attached hydrogen (secondary N) is 2. The van der Waals surface area contributed by atoms with E-state index in [9.17, 15) is 9.59 Å². The van der Waals surface area contributed by atoms with E-state index in [4.69, 9.17) is 0 Å². The Kier molecular flexibility index (Phi) is 2.78. The molecule has 1 fully saturated rings. The molecule has 2 heterocycles. The summed E-state index contributed by atoms with van der Waals surface area (Å²) in [4.78, 5) is 23.0. The summed E-state index contributed by atoms with van der Waals surface area (Å²) in [7, 11) is 0. The first-order valence-electron chi connectivity index (χ1n) is 6.44. The second-order valence-electron chi connectivity index (χ2n) is 4.95. The molecule has 1 atom stereocenters. The van der Waals surface area contributed by atoms with Crippen molar-refractivity contribution in [3.05, 3.63) is 29.3 Å². The summed E-state index contributed by atoms with van der Waals surface area (Å²) in [6.45, 7) is 1.02. The molecule has 0 spiro atoms. The summed E-state index contributed by atoms with van der Waals surface area (Å²) in [6, 6.07) is 6.16. The van der Waals surface area contributed by atoms with Crippen molar-refractivity contribution in [2.75, 3.05) is 11.9 Å². The minimum absolute atomic E-state index is 0.157. The number of aryl methyl sites for hydroxylation is 1. The van der Waals surface area contributed by atoms with Crippen molar-refractivity contribution in [3.63, 3.8) is 0 Å². The van der Waals surface area contributed by atoms with Crippen molar-refractivity contribution in [2.45, 2.75) is 31.6 Å². The second kappa shape index (κ2) is 4.44. The van der Waals surface area contributed by atoms with Crippen molar-refractivity contribution in [1.29, 1.82) is 0 Å². The Balaban J connectivity index is 1.88. The highest BCUT2D eigenvalue weighted by atomic mass is 16.2. The molecule has 2 N–H and O–H groups in total. The van der Waals surface area contributed by atoms with Gasteiger partial charge in [-0.3, -0.25) is 14.9 Å². The van der Waals surface area contributed by atoms with Crippen LogP contribution in [0.2, 0.25) is 0 Å². The van der Waals surface area contributed by atoms with E-state index in [-0.39, 0.29) is 17.7 Å². The molecule has 0 aromatic heterocycles. The highest BCUT2D eigenvalue weighted by Gasteiger charge is 2.28. The number of hydrogen-bond donors (Lipinski definition) is 2. The largest absolute Gasteiger partial charge is 0.385 e. The zero-order chi connectivity index (χ0) is 12.5. The lowest BCUT2D eigenvalue weighted by atomic mass is 9.88. The predicted molar refractivity (Wildman–Crippen MR) is 68.4 cm³/mol. The Morgan fingerprint density at radius 3 is 2.89 bits per heavy atom. The number of amides is 2. The fourth-order valence-corrected chi connectivity index (χ4v) is 2.72. The molecule has 2 amide bonds. The smallest absolute Gasteiger partial charge is 0.234 e. The standard InChI is InChI=1S/C14H16N2O2/c17-13-6-4-11(14(18)16-13)9-3-5-12-10(8-9)2-1-7-15-12/h3,5,8,11,15H,1-2,4,6-7H2,(H,16,17,18). The van der Waals surface area contributed by atoms with Crippen LogP contribution in [0.5, 0.6) is 0 Å². The summed E-state index contributed by atoms with van der Waals surface area (Å²) < 4.78 is 0. The Bertz CT molecular complexity index is 511. The van der Waals surface area contributed by atoms with Crippen LogP contribution in [0.4, 0.5) is 5.69 Å². The number of fused-ring (bicyclic) bond motifs is 1. The van der Waals surface area contributed by atoms with Gasteiger partial charge in [0.15, 0.2) is 0 Å². The van der Waals surface area contributed by atoms with E-state index < -0.39 is 0 Å². The number of carbonyl (C=O) groups is 2. The molecule has 0 saturated carbocycles. The summed E-state index contributed by atoms with van der Waals surface area (Å²) in [5, 5.41) is 5.77. The van der Waals surface area contributed by atoms with Gasteiger partial charge in [0.1, 0.15) is 0 Å². The van der Waals surface area contributed by atoms with Gasteiger partial charge in [0.2, 0.25) is 11.8 Å². The van der Waals surface area contributed by atoms with Crippen LogP contribution in [-0.4, -0.2) is 18.4 Å². The zero-order valence-electron chi connectivity index (χ0n) is 10.2. The minimum Gasteiger partial charge on any atom is -0.385 e. The van der Waals surface area contributed by atoms with Crippen LogP contribution in [-0.2, 0) is 16.0 Å². The maximum atomic E-state index is 11.8. The maximum absolute atomic E-state index is 11.8. The Morgan fingerprint density at radius 1 is 1.17 bits per heavy atom. The summed E-state index contributed by atoms with van der Waals surface area (Å²) in [5.41, 5.74) is 3.49. The van der Waals surface area contributed by atoms with E-state index >= 15 is 0 Å². The topological polar surface area (TPSA) is 58.2 Å². The van der Waals surface area contributed by atoms with Crippen molar-refractivity contribution >= 4 is 17.5 Å². The molecule has 18 heavy (non-hydrogen) atoms. The minimum atomic E-state index is -0.171. The van der Waals surface area contributed by atoms with Gasteiger partial charge in [-0.1, -0.05) is 12.1 Å². The Labute approximate surface area is 106 Å². The molecule has 1 saturated heterocycles. The number of carbonyl (C=O) groups excluding carboxylic acids is 2. The molecular weight excluding hydrogens is 228 g/mol. The third kappa shape index (κ3) is 1.98. The molecule has 1 aromatic rings. The van der Waals surface area contributed by atoms with Crippen LogP contribution >= 0.6 is 0 Å². The van der Waals surface area contributed by atoms with Crippen LogP contribution in [0, 0.1) is 0 Å². The predicted octanol–water partition coefficient (Wildman–Crippen LogP) is 1.56. The lowest BCUT2D eigenvalue weighted by molar-refractivity contribution is -0.134. The average Bonchev–Trinajstić information content (AvgIpc) is 2.38. The Hall–Kier alpha value is -1.84. The van der Waals surface area contributed by atoms with Crippen LogP contribution in [0.3, 0.4) is 0 Å². The fourth-order valence-electron chi connectivity index (χ4n) is 2.72. The van der Waals surface area contributed by atoms with E-state index in [1.54, 1.807) is 0 Å². The van der Waals surface area contributed by atoms with E-state index in [0.717, 1.165) is 24.9 Å². The van der Waals surface area contributed by atoms with Gasteiger partial charge in [-0.2, -0.15) is 0 Å². The first-order valence-corrected chi connectivity index (χ1v) is 6.44. The lowest BCUT2D eigenvalue weighted by Crippen LogP contribution is -2.39. The van der Waals surface area contributed by atoms with Gasteiger partial charge >= 0.3 is 0 Å². The van der Waals surface area contributed by atoms with Crippen LogP contribution < -0.4 is 10.6 Å². The fraction of sp³-hybridized carbons (Fsp3) is 0.429. The van der Waals surface area contributed by atoms with Crippen molar-refractivity contribution < 1.29 is 9.59 Å². The monoisotopic (exact) mass is 244 g/mol. The van der Waals surface area contributed by atoms with Gasteiger partial charge in [0.05, 0.1) is 5.92 Å². The third-order valence-corrected chi connectivity index (χ3v) is 3.71. The van der Waals surface area contributed by atoms with Crippen LogP contribution in [0.1, 0.15) is 36.3 Å². The van der Waals surface area contributed by atoms with Crippen LogP contribution in [0.25, 0.3) is 0 Å². The molecule has 0 aliphatic carbocycles. The number of piperidine rings is 1.